The maximum Gasteiger partial charge on any atom is 0.0620 e. The molecule has 1 fully saturated rings. The average molecular weight is 115 g/mol. The highest BCUT2D eigenvalue weighted by atomic mass is 16.3. The number of nitrogens with two attached hydrogens (primary N) is 1. The van der Waals surface area contributed by atoms with Gasteiger partial charge in [0.05, 0.1) is 6.10 Å². The highest BCUT2D eigenvalue weighted by Crippen LogP contribution is 2.38. The Balaban J connectivity index is 2.52. The van der Waals surface area contributed by atoms with Crippen LogP contribution in [0.1, 0.15) is 20.3 Å². The van der Waals surface area contributed by atoms with E-state index in [4.69, 9.17) is 10.8 Å². The van der Waals surface area contributed by atoms with Gasteiger partial charge in [0.15, 0.2) is 0 Å². The van der Waals surface area contributed by atoms with Crippen LogP contribution in [0, 0.1) is 5.41 Å². The molecule has 1 aliphatic rings. The molecule has 0 radical (unpaired) electrons. The quantitative estimate of drug-likeness (QED) is 0.470. The molecule has 1 saturated carbocycles. The zero-order valence-electron chi connectivity index (χ0n) is 5.39. The third-order valence-corrected chi connectivity index (χ3v) is 2.29. The third-order valence-electron chi connectivity index (χ3n) is 2.29. The molecule has 1 aliphatic carbocycles. The lowest BCUT2D eigenvalue weighted by atomic mass is 9.65. The van der Waals surface area contributed by atoms with Crippen LogP contribution in [0.4, 0.5) is 0 Å². The summed E-state index contributed by atoms with van der Waals surface area (Å²) in [4.78, 5) is 0. The van der Waals surface area contributed by atoms with Gasteiger partial charge in [-0.05, 0) is 6.42 Å². The number of hydrogen-bond donors (Lipinski definition) is 2. The number of aliphatic hydroxyl groups excluding tert-OH is 1. The Morgan fingerprint density at radius 3 is 2.12 bits per heavy atom. The zero-order chi connectivity index (χ0) is 6.36. The second kappa shape index (κ2) is 1.45. The van der Waals surface area contributed by atoms with Crippen LogP contribution in [0.2, 0.25) is 0 Å². The summed E-state index contributed by atoms with van der Waals surface area (Å²) in [7, 11) is 0. The van der Waals surface area contributed by atoms with Gasteiger partial charge in [0.25, 0.3) is 0 Å². The molecule has 2 heteroatoms. The Morgan fingerprint density at radius 1 is 1.62 bits per heavy atom. The Kier molecular flexibility index (Phi) is 1.10. The molecule has 3 N–H and O–H groups in total. The van der Waals surface area contributed by atoms with Gasteiger partial charge in [0.2, 0.25) is 0 Å². The van der Waals surface area contributed by atoms with E-state index in [1.54, 1.807) is 0 Å². The highest BCUT2D eigenvalue weighted by molar-refractivity contribution is 4.99. The van der Waals surface area contributed by atoms with E-state index in [9.17, 15) is 0 Å². The lowest BCUT2D eigenvalue weighted by Crippen LogP contribution is -2.57. The van der Waals surface area contributed by atoms with Crippen molar-refractivity contribution >= 4 is 0 Å². The summed E-state index contributed by atoms with van der Waals surface area (Å²) in [5, 5.41) is 9.07. The topological polar surface area (TPSA) is 46.2 Å². The fourth-order valence-electron chi connectivity index (χ4n) is 0.935. The molecule has 2 atom stereocenters. The van der Waals surface area contributed by atoms with Gasteiger partial charge < -0.3 is 10.8 Å². The van der Waals surface area contributed by atoms with Gasteiger partial charge in [-0.1, -0.05) is 13.8 Å². The molecule has 8 heavy (non-hydrogen) atoms. The number of rotatable bonds is 0. The molecule has 0 amide bonds. The molecule has 0 aromatic carbocycles. The smallest absolute Gasteiger partial charge is 0.0620 e. The minimum absolute atomic E-state index is 0.0278. The number of aliphatic hydroxyl groups is 1. The van der Waals surface area contributed by atoms with Crippen LogP contribution in [0.15, 0.2) is 0 Å². The molecule has 1 rings (SSSR count). The van der Waals surface area contributed by atoms with Crippen LogP contribution in [0.5, 0.6) is 0 Å². The third kappa shape index (κ3) is 0.565. The SMILES string of the molecule is CC1(C)[C@H](N)C[C@H]1O. The highest BCUT2D eigenvalue weighted by Gasteiger charge is 2.44. The first-order valence-corrected chi connectivity index (χ1v) is 2.99. The normalized spacial score (nSPS) is 43.5. The summed E-state index contributed by atoms with van der Waals surface area (Å²) in [6, 6.07) is 0.206. The minimum Gasteiger partial charge on any atom is -0.392 e. The predicted octanol–water partition coefficient (Wildman–Crippen LogP) is 0.104. The Hall–Kier alpha value is -0.0800. The standard InChI is InChI=1S/C6H13NO/c1-6(2)4(7)3-5(6)8/h4-5,8H,3,7H2,1-2H3/t4-,5-/m1/s1. The molecule has 2 nitrogen and oxygen atoms in total. The van der Waals surface area contributed by atoms with Crippen molar-refractivity contribution in [3.05, 3.63) is 0 Å². The van der Waals surface area contributed by atoms with Gasteiger partial charge in [-0.2, -0.15) is 0 Å². The summed E-state index contributed by atoms with van der Waals surface area (Å²) in [5.41, 5.74) is 5.56. The molecule has 0 aromatic heterocycles. The lowest BCUT2D eigenvalue weighted by molar-refractivity contribution is -0.0585. The summed E-state index contributed by atoms with van der Waals surface area (Å²) in [6.07, 6.45) is 0.602. The van der Waals surface area contributed by atoms with Gasteiger partial charge in [0, 0.05) is 11.5 Å². The number of hydrogen-bond acceptors (Lipinski definition) is 2. The second-order valence-corrected chi connectivity index (χ2v) is 3.18. The molecular weight excluding hydrogens is 102 g/mol. The maximum atomic E-state index is 9.07. The minimum atomic E-state index is -0.169. The molecule has 0 aromatic rings. The van der Waals surface area contributed by atoms with Crippen LogP contribution in [0.25, 0.3) is 0 Å². The van der Waals surface area contributed by atoms with Crippen LogP contribution in [-0.4, -0.2) is 17.3 Å². The molecule has 0 aliphatic heterocycles. The van der Waals surface area contributed by atoms with Crippen LogP contribution >= 0.6 is 0 Å². The van der Waals surface area contributed by atoms with Crippen molar-refractivity contribution in [2.24, 2.45) is 11.1 Å². The van der Waals surface area contributed by atoms with E-state index in [-0.39, 0.29) is 17.6 Å². The van der Waals surface area contributed by atoms with Crippen molar-refractivity contribution in [1.29, 1.82) is 0 Å². The summed E-state index contributed by atoms with van der Waals surface area (Å²) in [6.45, 7) is 3.98. The largest absolute Gasteiger partial charge is 0.392 e. The fraction of sp³-hybridized carbons (Fsp3) is 1.00. The first kappa shape index (κ1) is 6.05. The van der Waals surface area contributed by atoms with Crippen molar-refractivity contribution < 1.29 is 5.11 Å². The van der Waals surface area contributed by atoms with Crippen LogP contribution in [-0.2, 0) is 0 Å². The van der Waals surface area contributed by atoms with Gasteiger partial charge in [0.1, 0.15) is 0 Å². The van der Waals surface area contributed by atoms with Crippen LogP contribution in [0.3, 0.4) is 0 Å². The Bertz CT molecular complexity index is 90.7. The first-order valence-electron chi connectivity index (χ1n) is 2.99. The summed E-state index contributed by atoms with van der Waals surface area (Å²) >= 11 is 0. The van der Waals surface area contributed by atoms with E-state index in [1.165, 1.54) is 0 Å². The van der Waals surface area contributed by atoms with E-state index < -0.39 is 0 Å². The monoisotopic (exact) mass is 115 g/mol. The van der Waals surface area contributed by atoms with E-state index in [1.807, 2.05) is 13.8 Å². The molecule has 0 spiro atoms. The Labute approximate surface area is 49.7 Å². The van der Waals surface area contributed by atoms with Gasteiger partial charge in [-0.3, -0.25) is 0 Å². The maximum absolute atomic E-state index is 9.07. The lowest BCUT2D eigenvalue weighted by Gasteiger charge is -2.47. The molecule has 0 bridgehead atoms. The summed E-state index contributed by atoms with van der Waals surface area (Å²) in [5.74, 6) is 0. The van der Waals surface area contributed by atoms with Crippen molar-refractivity contribution in [3.8, 4) is 0 Å². The molecule has 0 saturated heterocycles. The van der Waals surface area contributed by atoms with E-state index in [2.05, 4.69) is 0 Å². The molecular formula is C6H13NO. The van der Waals surface area contributed by atoms with E-state index in [0.29, 0.717) is 0 Å². The van der Waals surface area contributed by atoms with Crippen LogP contribution < -0.4 is 5.73 Å². The van der Waals surface area contributed by atoms with E-state index in [0.717, 1.165) is 6.42 Å². The predicted molar refractivity (Wildman–Crippen MR) is 32.4 cm³/mol. The van der Waals surface area contributed by atoms with Crippen molar-refractivity contribution in [2.75, 3.05) is 0 Å². The molecule has 0 heterocycles. The van der Waals surface area contributed by atoms with Crippen molar-refractivity contribution in [1.82, 2.24) is 0 Å². The zero-order valence-corrected chi connectivity index (χ0v) is 5.39. The Morgan fingerprint density at radius 2 is 2.12 bits per heavy atom. The van der Waals surface area contributed by atoms with Crippen molar-refractivity contribution in [3.63, 3.8) is 0 Å². The second-order valence-electron chi connectivity index (χ2n) is 3.18. The summed E-state index contributed by atoms with van der Waals surface area (Å²) < 4.78 is 0. The first-order chi connectivity index (χ1) is 3.55. The average Bonchev–Trinajstić information content (AvgIpc) is 1.68. The van der Waals surface area contributed by atoms with Gasteiger partial charge in [-0.15, -0.1) is 0 Å². The fourth-order valence-corrected chi connectivity index (χ4v) is 0.935. The van der Waals surface area contributed by atoms with Gasteiger partial charge >= 0.3 is 0 Å². The van der Waals surface area contributed by atoms with E-state index >= 15 is 0 Å². The van der Waals surface area contributed by atoms with Gasteiger partial charge in [-0.25, -0.2) is 0 Å². The van der Waals surface area contributed by atoms with Crippen molar-refractivity contribution in [2.45, 2.75) is 32.4 Å². The molecule has 0 unspecified atom stereocenters. The molecule has 48 valence electrons.